The third kappa shape index (κ3) is 4.33. The monoisotopic (exact) mass is 390 g/mol. The maximum atomic E-state index is 14.0. The predicted octanol–water partition coefficient (Wildman–Crippen LogP) is 5.58. The highest BCUT2D eigenvalue weighted by molar-refractivity contribution is 5.36. The van der Waals surface area contributed by atoms with Gasteiger partial charge in [-0.1, -0.05) is 0 Å². The van der Waals surface area contributed by atoms with Crippen LogP contribution in [-0.2, 0) is 6.11 Å². The van der Waals surface area contributed by atoms with Gasteiger partial charge in [0, 0.05) is 12.1 Å². The second kappa shape index (κ2) is 6.61. The van der Waals surface area contributed by atoms with Gasteiger partial charge in [0.25, 0.3) is 0 Å². The molecule has 0 fully saturated rings. The topological polar surface area (TPSA) is 18.5 Å². The van der Waals surface area contributed by atoms with E-state index in [2.05, 4.69) is 9.47 Å². The predicted molar refractivity (Wildman–Crippen MR) is 68.7 cm³/mol. The van der Waals surface area contributed by atoms with Crippen LogP contribution in [0.3, 0.4) is 0 Å². The highest BCUT2D eigenvalue weighted by Gasteiger charge is 2.42. The Morgan fingerprint density at radius 3 is 1.58 bits per heavy atom. The molecule has 0 heterocycles. The van der Waals surface area contributed by atoms with E-state index in [-0.39, 0.29) is 17.7 Å². The van der Waals surface area contributed by atoms with E-state index in [0.29, 0.717) is 12.1 Å². The second-order valence-corrected chi connectivity index (χ2v) is 4.99. The molecule has 0 N–H and O–H groups in total. The van der Waals surface area contributed by atoms with E-state index in [0.717, 1.165) is 0 Å². The van der Waals surface area contributed by atoms with Gasteiger partial charge < -0.3 is 9.47 Å². The second-order valence-electron chi connectivity index (χ2n) is 4.99. The van der Waals surface area contributed by atoms with Gasteiger partial charge in [-0.05, 0) is 24.6 Å². The lowest BCUT2D eigenvalue weighted by Crippen LogP contribution is -2.25. The van der Waals surface area contributed by atoms with Crippen molar-refractivity contribution >= 4 is 0 Å². The fourth-order valence-corrected chi connectivity index (χ4v) is 1.99. The Morgan fingerprint density at radius 1 is 0.692 bits per heavy atom. The number of hydrogen-bond acceptors (Lipinski definition) is 2. The number of benzene rings is 2. The maximum Gasteiger partial charge on any atom is 0.573 e. The van der Waals surface area contributed by atoms with Crippen LogP contribution in [0.5, 0.6) is 11.5 Å². The van der Waals surface area contributed by atoms with Gasteiger partial charge in [-0.3, -0.25) is 0 Å². The number of rotatable bonds is 4. The molecule has 142 valence electrons. The maximum absolute atomic E-state index is 14.0. The molecule has 0 bridgehead atoms. The van der Waals surface area contributed by atoms with Gasteiger partial charge >= 0.3 is 12.5 Å². The van der Waals surface area contributed by atoms with E-state index >= 15 is 0 Å². The van der Waals surface area contributed by atoms with E-state index in [1.807, 2.05) is 0 Å². The number of aryl methyl sites for hydroxylation is 1. The molecule has 11 heteroatoms. The summed E-state index contributed by atoms with van der Waals surface area (Å²) in [5, 5.41) is 0. The van der Waals surface area contributed by atoms with Crippen molar-refractivity contribution in [3.05, 3.63) is 58.7 Å². The van der Waals surface area contributed by atoms with Crippen LogP contribution in [-0.4, -0.2) is 6.36 Å². The van der Waals surface area contributed by atoms with Crippen LogP contribution in [0.1, 0.15) is 11.1 Å². The first-order chi connectivity index (χ1) is 11.8. The zero-order valence-electron chi connectivity index (χ0n) is 12.5. The molecule has 26 heavy (non-hydrogen) atoms. The van der Waals surface area contributed by atoms with Crippen LogP contribution in [0.15, 0.2) is 24.3 Å². The van der Waals surface area contributed by atoms with Gasteiger partial charge in [-0.2, -0.15) is 8.78 Å². The minimum Gasteiger partial charge on any atom is -0.429 e. The van der Waals surface area contributed by atoms with Gasteiger partial charge in [0.2, 0.25) is 5.75 Å². The summed E-state index contributed by atoms with van der Waals surface area (Å²) >= 11 is 0. The molecule has 0 aliphatic heterocycles. The molecule has 2 nitrogen and oxygen atoms in total. The molecule has 2 rings (SSSR count). The first kappa shape index (κ1) is 19.7. The van der Waals surface area contributed by atoms with E-state index in [9.17, 15) is 39.5 Å². The van der Waals surface area contributed by atoms with Crippen LogP contribution >= 0.6 is 0 Å². The normalized spacial score (nSPS) is 12.2. The zero-order chi connectivity index (χ0) is 19.9. The number of alkyl halides is 5. The molecular weight excluding hydrogens is 383 g/mol. The lowest BCUT2D eigenvalue weighted by molar-refractivity contribution is -0.276. The Labute approximate surface area is 139 Å². The first-order valence-corrected chi connectivity index (χ1v) is 6.58. The van der Waals surface area contributed by atoms with Gasteiger partial charge in [0.1, 0.15) is 22.9 Å². The van der Waals surface area contributed by atoms with Gasteiger partial charge in [-0.25, -0.2) is 17.6 Å². The molecular formula is C15H7F9O2. The summed E-state index contributed by atoms with van der Waals surface area (Å²) in [6.45, 7) is 1.22. The van der Waals surface area contributed by atoms with Crippen molar-refractivity contribution in [3.63, 3.8) is 0 Å². The van der Waals surface area contributed by atoms with Crippen molar-refractivity contribution in [3.8, 4) is 11.5 Å². The third-order valence-electron chi connectivity index (χ3n) is 2.91. The van der Waals surface area contributed by atoms with Crippen LogP contribution < -0.4 is 9.47 Å². The average Bonchev–Trinajstić information content (AvgIpc) is 2.39. The van der Waals surface area contributed by atoms with Crippen molar-refractivity contribution < 1.29 is 49.0 Å². The Kier molecular flexibility index (Phi) is 5.02. The van der Waals surface area contributed by atoms with Crippen LogP contribution in [0, 0.1) is 30.2 Å². The molecule has 0 spiro atoms. The molecule has 2 aromatic rings. The number of ether oxygens (including phenoxy) is 2. The molecule has 2 aromatic carbocycles. The number of halogens is 9. The molecule has 0 aromatic heterocycles. The summed E-state index contributed by atoms with van der Waals surface area (Å²) in [5.74, 6) is -10.6. The van der Waals surface area contributed by atoms with E-state index in [4.69, 9.17) is 0 Å². The Hall–Kier alpha value is -2.59. The molecule has 0 saturated heterocycles. The third-order valence-corrected chi connectivity index (χ3v) is 2.91. The van der Waals surface area contributed by atoms with Gasteiger partial charge in [0.05, 0.1) is 0 Å². The summed E-state index contributed by atoms with van der Waals surface area (Å²) < 4.78 is 125. The Morgan fingerprint density at radius 2 is 1.15 bits per heavy atom. The van der Waals surface area contributed by atoms with Crippen molar-refractivity contribution in [1.82, 2.24) is 0 Å². The van der Waals surface area contributed by atoms with Gasteiger partial charge in [-0.15, -0.1) is 13.2 Å². The van der Waals surface area contributed by atoms with E-state index in [1.54, 1.807) is 0 Å². The standard InChI is InChI=1S/C15H7F9O2/c1-6-2-8(16)12(9(17)3-6)14(20,21)25-7-4-10(18)13(11(19)5-7)26-15(22,23)24/h2-5H,1H3. The zero-order valence-corrected chi connectivity index (χ0v) is 12.5. The van der Waals surface area contributed by atoms with Crippen molar-refractivity contribution in [2.75, 3.05) is 0 Å². The quantitative estimate of drug-likeness (QED) is 0.635. The Balaban J connectivity index is 2.39. The molecule has 0 radical (unpaired) electrons. The fourth-order valence-electron chi connectivity index (χ4n) is 1.99. The van der Waals surface area contributed by atoms with Crippen LogP contribution in [0.4, 0.5) is 39.5 Å². The summed E-state index contributed by atoms with van der Waals surface area (Å²) in [7, 11) is 0. The van der Waals surface area contributed by atoms with Crippen LogP contribution in [0.2, 0.25) is 0 Å². The summed E-state index contributed by atoms with van der Waals surface area (Å²) in [4.78, 5) is 0. The summed E-state index contributed by atoms with van der Waals surface area (Å²) in [6, 6.07) is 1.03. The van der Waals surface area contributed by atoms with E-state index < -0.39 is 52.8 Å². The minimum absolute atomic E-state index is 0.0229. The average molecular weight is 390 g/mol. The molecule has 0 atom stereocenters. The largest absolute Gasteiger partial charge is 0.573 e. The highest BCUT2D eigenvalue weighted by Crippen LogP contribution is 2.38. The summed E-state index contributed by atoms with van der Waals surface area (Å²) in [6.07, 6.45) is -10.2. The molecule has 0 amide bonds. The smallest absolute Gasteiger partial charge is 0.429 e. The minimum atomic E-state index is -5.44. The molecule has 0 unspecified atom stereocenters. The highest BCUT2D eigenvalue weighted by atomic mass is 19.4. The molecule has 0 aliphatic rings. The molecule has 0 saturated carbocycles. The number of hydrogen-bond donors (Lipinski definition) is 0. The van der Waals surface area contributed by atoms with Crippen molar-refractivity contribution in [1.29, 1.82) is 0 Å². The first-order valence-electron chi connectivity index (χ1n) is 6.58. The summed E-state index contributed by atoms with van der Waals surface area (Å²) in [5.41, 5.74) is -1.86. The molecule has 0 aliphatic carbocycles. The van der Waals surface area contributed by atoms with Crippen molar-refractivity contribution in [2.24, 2.45) is 0 Å². The van der Waals surface area contributed by atoms with E-state index in [1.165, 1.54) is 6.92 Å². The Bertz CT molecular complexity index is 784. The lowest BCUT2D eigenvalue weighted by atomic mass is 10.1. The van der Waals surface area contributed by atoms with Crippen LogP contribution in [0.25, 0.3) is 0 Å². The SMILES string of the molecule is Cc1cc(F)c(C(F)(F)Oc2cc(F)c(OC(F)(F)F)c(F)c2)c(F)c1. The lowest BCUT2D eigenvalue weighted by Gasteiger charge is -2.20. The van der Waals surface area contributed by atoms with Crippen molar-refractivity contribution in [2.45, 2.75) is 19.4 Å². The fraction of sp³-hybridized carbons (Fsp3) is 0.200. The van der Waals surface area contributed by atoms with Gasteiger partial charge in [0.15, 0.2) is 11.6 Å².